The van der Waals surface area contributed by atoms with Crippen LogP contribution >= 0.6 is 0 Å². The molecular weight excluding hydrogens is 228 g/mol. The third kappa shape index (κ3) is 3.29. The van der Waals surface area contributed by atoms with Crippen molar-refractivity contribution >= 4 is 11.7 Å². The minimum Gasteiger partial charge on any atom is -0.368 e. The minimum atomic E-state index is -0.316. The van der Waals surface area contributed by atoms with Gasteiger partial charge in [-0.1, -0.05) is 13.8 Å². The molecule has 2 rings (SSSR count). The van der Waals surface area contributed by atoms with Gasteiger partial charge in [0, 0.05) is 12.8 Å². The monoisotopic (exact) mass is 248 g/mol. The van der Waals surface area contributed by atoms with Crippen molar-refractivity contribution in [2.24, 2.45) is 0 Å². The summed E-state index contributed by atoms with van der Waals surface area (Å²) in [5.74, 6) is 0.957. The fourth-order valence-corrected chi connectivity index (χ4v) is 2.03. The first-order chi connectivity index (χ1) is 8.66. The van der Waals surface area contributed by atoms with Crippen molar-refractivity contribution in [1.82, 2.24) is 4.98 Å². The van der Waals surface area contributed by atoms with E-state index in [1.807, 2.05) is 12.1 Å². The van der Waals surface area contributed by atoms with Gasteiger partial charge < -0.3 is 10.1 Å². The molecule has 4 nitrogen and oxygen atoms in total. The van der Waals surface area contributed by atoms with E-state index in [1.54, 1.807) is 6.20 Å². The number of carbonyl (C=O) groups excluding carboxylic acids is 1. The summed E-state index contributed by atoms with van der Waals surface area (Å²) in [6, 6.07) is 3.89. The molecular formula is C14H20N2O2. The molecule has 1 N–H and O–H groups in total. The SMILES string of the molecule is CC(C)c1ccnc(NC(=O)C2CCCCO2)c1. The molecule has 0 saturated carbocycles. The van der Waals surface area contributed by atoms with E-state index in [2.05, 4.69) is 24.1 Å². The van der Waals surface area contributed by atoms with Crippen molar-refractivity contribution < 1.29 is 9.53 Å². The second kappa shape index (κ2) is 5.96. The Morgan fingerprint density at radius 3 is 3.00 bits per heavy atom. The highest BCUT2D eigenvalue weighted by molar-refractivity contribution is 5.93. The van der Waals surface area contributed by atoms with Gasteiger partial charge in [-0.2, -0.15) is 0 Å². The van der Waals surface area contributed by atoms with Gasteiger partial charge in [-0.15, -0.1) is 0 Å². The maximum absolute atomic E-state index is 12.0. The second-order valence-electron chi connectivity index (χ2n) is 4.97. The van der Waals surface area contributed by atoms with Gasteiger partial charge in [0.2, 0.25) is 0 Å². The molecule has 0 aromatic carbocycles. The summed E-state index contributed by atoms with van der Waals surface area (Å²) in [5.41, 5.74) is 1.17. The van der Waals surface area contributed by atoms with Crippen molar-refractivity contribution in [2.75, 3.05) is 11.9 Å². The Morgan fingerprint density at radius 2 is 2.33 bits per heavy atom. The summed E-state index contributed by atoms with van der Waals surface area (Å²) in [4.78, 5) is 16.1. The van der Waals surface area contributed by atoms with E-state index in [0.29, 0.717) is 18.3 Å². The minimum absolute atomic E-state index is 0.0805. The van der Waals surface area contributed by atoms with Crippen LogP contribution in [0.25, 0.3) is 0 Å². The Kier molecular flexibility index (Phi) is 4.31. The fourth-order valence-electron chi connectivity index (χ4n) is 2.03. The predicted octanol–water partition coefficient (Wildman–Crippen LogP) is 2.71. The third-order valence-electron chi connectivity index (χ3n) is 3.17. The van der Waals surface area contributed by atoms with Gasteiger partial charge in [-0.25, -0.2) is 4.98 Å². The van der Waals surface area contributed by atoms with Crippen molar-refractivity contribution in [1.29, 1.82) is 0 Å². The number of pyridine rings is 1. The Balaban J connectivity index is 1.99. The number of nitrogens with one attached hydrogen (secondary N) is 1. The quantitative estimate of drug-likeness (QED) is 0.894. The summed E-state index contributed by atoms with van der Waals surface area (Å²) in [6.45, 7) is 4.91. The third-order valence-corrected chi connectivity index (χ3v) is 3.17. The predicted molar refractivity (Wildman–Crippen MR) is 70.5 cm³/mol. The van der Waals surface area contributed by atoms with Crippen LogP contribution in [-0.4, -0.2) is 23.6 Å². The zero-order valence-corrected chi connectivity index (χ0v) is 11.0. The molecule has 1 unspecified atom stereocenters. The number of nitrogens with zero attached hydrogens (tertiary/aromatic N) is 1. The zero-order chi connectivity index (χ0) is 13.0. The first-order valence-electron chi connectivity index (χ1n) is 6.55. The Morgan fingerprint density at radius 1 is 1.50 bits per heavy atom. The van der Waals surface area contributed by atoms with Crippen molar-refractivity contribution in [3.8, 4) is 0 Å². The van der Waals surface area contributed by atoms with Crippen LogP contribution in [-0.2, 0) is 9.53 Å². The van der Waals surface area contributed by atoms with Gasteiger partial charge in [0.1, 0.15) is 11.9 Å². The Bertz CT molecular complexity index is 412. The Hall–Kier alpha value is -1.42. The van der Waals surface area contributed by atoms with E-state index >= 15 is 0 Å². The van der Waals surface area contributed by atoms with E-state index in [9.17, 15) is 4.79 Å². The number of anilines is 1. The molecule has 1 saturated heterocycles. The number of aromatic nitrogens is 1. The fraction of sp³-hybridized carbons (Fsp3) is 0.571. The first-order valence-corrected chi connectivity index (χ1v) is 6.55. The maximum atomic E-state index is 12.0. The topological polar surface area (TPSA) is 51.2 Å². The standard InChI is InChI=1S/C14H20N2O2/c1-10(2)11-6-7-15-13(9-11)16-14(17)12-5-3-4-8-18-12/h6-7,9-10,12H,3-5,8H2,1-2H3,(H,15,16,17). The molecule has 1 aromatic heterocycles. The van der Waals surface area contributed by atoms with Crippen LogP contribution < -0.4 is 5.32 Å². The van der Waals surface area contributed by atoms with Gasteiger partial charge in [0.25, 0.3) is 5.91 Å². The van der Waals surface area contributed by atoms with Gasteiger partial charge in [-0.05, 0) is 42.9 Å². The second-order valence-corrected chi connectivity index (χ2v) is 4.97. The van der Waals surface area contributed by atoms with Crippen LogP contribution in [0.5, 0.6) is 0 Å². The van der Waals surface area contributed by atoms with Gasteiger partial charge in [0.15, 0.2) is 0 Å². The molecule has 4 heteroatoms. The van der Waals surface area contributed by atoms with Crippen LogP contribution in [0, 0.1) is 0 Å². The molecule has 1 aromatic rings. The summed E-state index contributed by atoms with van der Waals surface area (Å²) in [7, 11) is 0. The lowest BCUT2D eigenvalue weighted by atomic mass is 10.1. The summed E-state index contributed by atoms with van der Waals surface area (Å²) in [5, 5.41) is 2.83. The molecule has 1 aliphatic heterocycles. The highest BCUT2D eigenvalue weighted by Crippen LogP contribution is 2.18. The van der Waals surface area contributed by atoms with E-state index in [0.717, 1.165) is 19.3 Å². The largest absolute Gasteiger partial charge is 0.368 e. The van der Waals surface area contributed by atoms with Crippen molar-refractivity contribution in [2.45, 2.75) is 45.1 Å². The summed E-state index contributed by atoms with van der Waals surface area (Å²) >= 11 is 0. The molecule has 1 atom stereocenters. The lowest BCUT2D eigenvalue weighted by molar-refractivity contribution is -0.130. The molecule has 0 spiro atoms. The molecule has 1 aliphatic rings. The highest BCUT2D eigenvalue weighted by Gasteiger charge is 2.22. The molecule has 98 valence electrons. The number of hydrogen-bond acceptors (Lipinski definition) is 3. The molecule has 0 bridgehead atoms. The molecule has 0 radical (unpaired) electrons. The molecule has 0 aliphatic carbocycles. The Labute approximate surface area is 108 Å². The van der Waals surface area contributed by atoms with Gasteiger partial charge in [-0.3, -0.25) is 4.79 Å². The van der Waals surface area contributed by atoms with Crippen molar-refractivity contribution in [3.63, 3.8) is 0 Å². The number of rotatable bonds is 3. The van der Waals surface area contributed by atoms with Crippen LogP contribution in [0.15, 0.2) is 18.3 Å². The zero-order valence-electron chi connectivity index (χ0n) is 11.0. The highest BCUT2D eigenvalue weighted by atomic mass is 16.5. The van der Waals surface area contributed by atoms with E-state index in [-0.39, 0.29) is 12.0 Å². The molecule has 18 heavy (non-hydrogen) atoms. The lowest BCUT2D eigenvalue weighted by Gasteiger charge is -2.21. The van der Waals surface area contributed by atoms with Crippen LogP contribution in [0.4, 0.5) is 5.82 Å². The summed E-state index contributed by atoms with van der Waals surface area (Å²) in [6.07, 6.45) is 4.31. The van der Waals surface area contributed by atoms with E-state index < -0.39 is 0 Å². The molecule has 1 amide bonds. The van der Waals surface area contributed by atoms with Crippen LogP contribution in [0.3, 0.4) is 0 Å². The lowest BCUT2D eigenvalue weighted by Crippen LogP contribution is -2.33. The van der Waals surface area contributed by atoms with Gasteiger partial charge >= 0.3 is 0 Å². The van der Waals surface area contributed by atoms with E-state index in [1.165, 1.54) is 5.56 Å². The smallest absolute Gasteiger partial charge is 0.254 e. The summed E-state index contributed by atoms with van der Waals surface area (Å²) < 4.78 is 5.45. The number of ether oxygens (including phenoxy) is 1. The van der Waals surface area contributed by atoms with Crippen LogP contribution in [0.2, 0.25) is 0 Å². The van der Waals surface area contributed by atoms with Crippen LogP contribution in [0.1, 0.15) is 44.6 Å². The normalized spacial score (nSPS) is 19.8. The molecule has 1 fully saturated rings. The number of hydrogen-bond donors (Lipinski definition) is 1. The number of carbonyl (C=O) groups is 1. The maximum Gasteiger partial charge on any atom is 0.254 e. The van der Waals surface area contributed by atoms with Crippen molar-refractivity contribution in [3.05, 3.63) is 23.9 Å². The first kappa shape index (κ1) is 13.0. The van der Waals surface area contributed by atoms with Gasteiger partial charge in [0.05, 0.1) is 0 Å². The average molecular weight is 248 g/mol. The number of amides is 1. The van der Waals surface area contributed by atoms with E-state index in [4.69, 9.17) is 4.74 Å². The molecule has 2 heterocycles. The average Bonchev–Trinajstić information content (AvgIpc) is 2.40.